The number of hydrogen-bond acceptors (Lipinski definition) is 2. The van der Waals surface area contributed by atoms with Crippen LogP contribution < -0.4 is 9.80 Å². The van der Waals surface area contributed by atoms with Gasteiger partial charge in [0.1, 0.15) is 5.69 Å². The summed E-state index contributed by atoms with van der Waals surface area (Å²) in [6.07, 6.45) is 13.7. The van der Waals surface area contributed by atoms with E-state index in [1.54, 1.807) is 0 Å². The summed E-state index contributed by atoms with van der Waals surface area (Å²) in [5, 5.41) is 0. The van der Waals surface area contributed by atoms with Crippen LogP contribution in [-0.2, 0) is 36.5 Å². The Morgan fingerprint density at radius 1 is 0.453 bits per heavy atom. The Balaban J connectivity index is 0.827. The van der Waals surface area contributed by atoms with Crippen molar-refractivity contribution in [2.45, 2.75) is 76.0 Å². The van der Waals surface area contributed by atoms with Crippen molar-refractivity contribution in [1.82, 2.24) is 0 Å². The van der Waals surface area contributed by atoms with Crippen molar-refractivity contribution in [1.29, 1.82) is 0 Å². The Hall–Kier alpha value is -7.08. The van der Waals surface area contributed by atoms with Gasteiger partial charge in [-0.15, -0.1) is 0 Å². The van der Waals surface area contributed by atoms with Gasteiger partial charge in [0, 0.05) is 39.3 Å². The van der Waals surface area contributed by atoms with Crippen LogP contribution in [0.3, 0.4) is 0 Å². The topological polar surface area (TPSA) is 6.48 Å². The smallest absolute Gasteiger partial charge is 0.101 e. The molecule has 1 fully saturated rings. The van der Waals surface area contributed by atoms with Crippen LogP contribution in [0.4, 0.5) is 34.1 Å². The van der Waals surface area contributed by atoms with Crippen LogP contribution in [0, 0.1) is 12.1 Å². The number of anilines is 6. The van der Waals surface area contributed by atoms with E-state index >= 15 is 0 Å². The Morgan fingerprint density at radius 2 is 0.906 bits per heavy atom. The quantitative estimate of drug-likeness (QED) is 0.163. The number of hydrogen-bond donors (Lipinski definition) is 0. The molecule has 0 amide bonds. The Labute approximate surface area is 378 Å². The fraction of sp³-hybridized carbons (Fsp3) is 0.194. The van der Waals surface area contributed by atoms with Crippen molar-refractivity contribution < 1.29 is 0 Å². The Bertz CT molecular complexity index is 3130. The zero-order valence-electron chi connectivity index (χ0n) is 36.7. The van der Waals surface area contributed by atoms with Crippen molar-refractivity contribution >= 4 is 46.3 Å². The van der Waals surface area contributed by atoms with Crippen LogP contribution in [0.5, 0.6) is 0 Å². The maximum absolute atomic E-state index is 3.54. The lowest BCUT2D eigenvalue weighted by molar-refractivity contribution is 0.550. The minimum absolute atomic E-state index is 0.0327. The SMILES string of the molecule is CC1(C)c2cc(C=Cc3ccc4c(c3)C3(CCCC3)c3cc(N5c6c#cccc6CCc6ccccc65)ccc3-4)ccc2-c2ccc(N3c4ccccc4CCc4ccccc43)cc21. The summed E-state index contributed by atoms with van der Waals surface area (Å²) < 4.78 is 0. The van der Waals surface area contributed by atoms with Gasteiger partial charge in [-0.1, -0.05) is 148 Å². The number of fused-ring (bicyclic) bond motifs is 12. The maximum atomic E-state index is 3.54. The molecule has 1 saturated carbocycles. The molecule has 5 aliphatic rings. The van der Waals surface area contributed by atoms with Gasteiger partial charge < -0.3 is 9.80 Å². The summed E-state index contributed by atoms with van der Waals surface area (Å²) in [6, 6.07) is 66.7. The summed E-state index contributed by atoms with van der Waals surface area (Å²) in [5.74, 6) is 0. The van der Waals surface area contributed by atoms with Crippen LogP contribution in [0.2, 0.25) is 0 Å². The van der Waals surface area contributed by atoms with Gasteiger partial charge in [-0.3, -0.25) is 0 Å². The molecule has 0 N–H and O–H groups in total. The third-order valence-electron chi connectivity index (χ3n) is 15.6. The summed E-state index contributed by atoms with van der Waals surface area (Å²) in [4.78, 5) is 4.96. The van der Waals surface area contributed by atoms with Crippen LogP contribution in [0.25, 0.3) is 34.4 Å². The van der Waals surface area contributed by atoms with E-state index in [1.165, 1.54) is 132 Å². The van der Waals surface area contributed by atoms with E-state index in [0.29, 0.717) is 0 Å². The molecule has 3 aliphatic carbocycles. The Kier molecular flexibility index (Phi) is 8.32. The van der Waals surface area contributed by atoms with Crippen molar-refractivity contribution in [3.05, 3.63) is 225 Å². The minimum Gasteiger partial charge on any atom is -0.310 e. The summed E-state index contributed by atoms with van der Waals surface area (Å²) in [6.45, 7) is 4.82. The molecular formula is C62H50N2. The lowest BCUT2D eigenvalue weighted by atomic mass is 9.76. The molecule has 0 unspecified atom stereocenters. The van der Waals surface area contributed by atoms with Gasteiger partial charge >= 0.3 is 0 Å². The van der Waals surface area contributed by atoms with Crippen molar-refractivity contribution in [2.75, 3.05) is 9.80 Å². The zero-order chi connectivity index (χ0) is 42.6. The van der Waals surface area contributed by atoms with Crippen LogP contribution >= 0.6 is 0 Å². The van der Waals surface area contributed by atoms with Crippen molar-refractivity contribution in [3.8, 4) is 22.3 Å². The summed E-state index contributed by atoms with van der Waals surface area (Å²) in [7, 11) is 0. The van der Waals surface area contributed by atoms with Crippen LogP contribution in [0.15, 0.2) is 158 Å². The van der Waals surface area contributed by atoms with E-state index in [9.17, 15) is 0 Å². The number of benzene rings is 7. The summed E-state index contributed by atoms with van der Waals surface area (Å²) >= 11 is 0. The molecule has 1 spiro atoms. The standard InChI is InChI=1S/C62H50N2/c1-61(2)53-37-41(23-31-49(53)50-33-29-47(39-54(50)61)63-57-17-7-3-13-43(57)25-26-44-14-4-8-18-58(44)63)21-22-42-24-32-51-52-34-30-48(40-56(52)62(55(51)38-42)35-11-12-36-62)64-59-19-9-5-15-45(59)27-28-46-16-6-10-20-60(46)64/h3-9,13-19,21-24,29-34,37-40H,11-12,25-28,35-36H2,1-2H3. The predicted molar refractivity (Wildman–Crippen MR) is 266 cm³/mol. The van der Waals surface area contributed by atoms with Gasteiger partial charge in [0.25, 0.3) is 0 Å². The number of para-hydroxylation sites is 3. The maximum Gasteiger partial charge on any atom is 0.101 e. The molecule has 8 aromatic rings. The van der Waals surface area contributed by atoms with Gasteiger partial charge in [-0.25, -0.2) is 0 Å². The van der Waals surface area contributed by atoms with Crippen LogP contribution in [0.1, 0.15) is 95.2 Å². The van der Waals surface area contributed by atoms with E-state index in [1.807, 2.05) is 6.07 Å². The molecule has 2 heteroatoms. The average Bonchev–Trinajstić information content (AvgIpc) is 3.91. The first-order valence-electron chi connectivity index (χ1n) is 23.5. The van der Waals surface area contributed by atoms with Gasteiger partial charge in [0.15, 0.2) is 0 Å². The monoisotopic (exact) mass is 822 g/mol. The van der Waals surface area contributed by atoms with Gasteiger partial charge in [0.2, 0.25) is 0 Å². The van der Waals surface area contributed by atoms with Crippen LogP contribution in [-0.4, -0.2) is 0 Å². The second-order valence-electron chi connectivity index (χ2n) is 19.4. The zero-order valence-corrected chi connectivity index (χ0v) is 36.7. The highest BCUT2D eigenvalue weighted by Crippen LogP contribution is 2.59. The molecule has 0 radical (unpaired) electrons. The van der Waals surface area contributed by atoms with E-state index in [0.717, 1.165) is 31.4 Å². The van der Waals surface area contributed by atoms with Crippen molar-refractivity contribution in [3.63, 3.8) is 0 Å². The third-order valence-corrected chi connectivity index (χ3v) is 15.6. The highest BCUT2D eigenvalue weighted by molar-refractivity contribution is 5.90. The predicted octanol–water partition coefficient (Wildman–Crippen LogP) is 15.7. The highest BCUT2D eigenvalue weighted by atomic mass is 15.2. The minimum atomic E-state index is -0.143. The lowest BCUT2D eigenvalue weighted by Crippen LogP contribution is -2.21. The van der Waals surface area contributed by atoms with Gasteiger partial charge in [-0.2, -0.15) is 0 Å². The first-order chi connectivity index (χ1) is 31.4. The fourth-order valence-electron chi connectivity index (χ4n) is 12.4. The molecule has 2 nitrogen and oxygen atoms in total. The second kappa shape index (κ2) is 14.2. The first-order valence-corrected chi connectivity index (χ1v) is 23.5. The molecule has 8 aromatic carbocycles. The number of nitrogens with zero attached hydrogens (tertiary/aromatic N) is 2. The molecule has 13 rings (SSSR count). The van der Waals surface area contributed by atoms with Gasteiger partial charge in [0.05, 0.1) is 0 Å². The van der Waals surface area contributed by atoms with E-state index < -0.39 is 0 Å². The molecule has 2 aliphatic heterocycles. The average molecular weight is 823 g/mol. The molecule has 2 heterocycles. The number of aryl methyl sites for hydroxylation is 4. The van der Waals surface area contributed by atoms with E-state index in [-0.39, 0.29) is 10.8 Å². The normalized spacial score (nSPS) is 16.7. The molecule has 0 saturated heterocycles. The Morgan fingerprint density at radius 3 is 1.52 bits per heavy atom. The number of rotatable bonds is 4. The van der Waals surface area contributed by atoms with E-state index in [2.05, 4.69) is 200 Å². The molecule has 0 aromatic heterocycles. The largest absolute Gasteiger partial charge is 0.310 e. The highest BCUT2D eigenvalue weighted by Gasteiger charge is 2.45. The first kappa shape index (κ1) is 37.5. The summed E-state index contributed by atoms with van der Waals surface area (Å²) in [5.41, 5.74) is 26.6. The lowest BCUT2D eigenvalue weighted by Gasteiger charge is -2.30. The molecular weight excluding hydrogens is 773 g/mol. The van der Waals surface area contributed by atoms with Crippen molar-refractivity contribution in [2.24, 2.45) is 0 Å². The molecule has 64 heavy (non-hydrogen) atoms. The third kappa shape index (κ3) is 5.60. The van der Waals surface area contributed by atoms with E-state index in [4.69, 9.17) is 0 Å². The van der Waals surface area contributed by atoms with Gasteiger partial charge in [-0.05, 0) is 177 Å². The second-order valence-corrected chi connectivity index (χ2v) is 19.4. The fourth-order valence-corrected chi connectivity index (χ4v) is 12.4. The molecule has 0 bridgehead atoms. The molecule has 0 atom stereocenters. The molecule has 308 valence electrons.